The number of ether oxygens (including phenoxy) is 1. The Bertz CT molecular complexity index is 8140. The summed E-state index contributed by atoms with van der Waals surface area (Å²) in [6, 6.07) is 39.0. The molecule has 0 aliphatic carbocycles. The average molecular weight is 2070 g/mol. The number of hydrogen-bond acceptors (Lipinski definition) is 32. The highest BCUT2D eigenvalue weighted by molar-refractivity contribution is 9.10. The van der Waals surface area contributed by atoms with Crippen LogP contribution in [0.5, 0.6) is 0 Å². The summed E-state index contributed by atoms with van der Waals surface area (Å²) in [6.45, 7) is 15.8. The van der Waals surface area contributed by atoms with E-state index in [-0.39, 0.29) is 94.1 Å². The second kappa shape index (κ2) is 42.6. The van der Waals surface area contributed by atoms with Gasteiger partial charge in [-0.2, -0.15) is 48.7 Å². The van der Waals surface area contributed by atoms with Gasteiger partial charge in [0.15, 0.2) is 39.9 Å². The van der Waals surface area contributed by atoms with Crippen molar-refractivity contribution in [2.75, 3.05) is 68.5 Å². The van der Waals surface area contributed by atoms with E-state index in [2.05, 4.69) is 147 Å². The molecule has 16 aromatic heterocycles. The Hall–Kier alpha value is -16.6. The number of aromatic nitrogens is 24. The predicted molar refractivity (Wildman–Crippen MR) is 562 cm³/mol. The van der Waals surface area contributed by atoms with Crippen molar-refractivity contribution in [2.24, 2.45) is 0 Å². The number of halogens is 1. The van der Waals surface area contributed by atoms with Gasteiger partial charge in [-0.25, -0.2) is 29.9 Å². The highest BCUT2D eigenvalue weighted by Gasteiger charge is 2.37. The number of hydrogen-bond donors (Lipinski definition) is 8. The van der Waals surface area contributed by atoms with Crippen LogP contribution in [0.25, 0.3) is 112 Å². The maximum absolute atomic E-state index is 12.8. The number of nitrogens with one attached hydrogen (secondary N) is 3. The number of aliphatic hydroxyl groups excluding tert-OH is 1. The number of nitrogens with two attached hydrogens (primary N) is 4. The number of benzene rings is 2. The van der Waals surface area contributed by atoms with E-state index in [0.717, 1.165) is 118 Å². The molecule has 148 heavy (non-hydrogen) atoms. The Balaban J connectivity index is 0.000000125. The fourth-order valence-electron chi connectivity index (χ4n) is 19.6. The zero-order valence-electron chi connectivity index (χ0n) is 82.3. The second-order valence-electron chi connectivity index (χ2n) is 37.4. The van der Waals surface area contributed by atoms with Crippen LogP contribution in [0.1, 0.15) is 191 Å². The van der Waals surface area contributed by atoms with E-state index in [1.807, 2.05) is 103 Å². The zero-order chi connectivity index (χ0) is 104. The lowest BCUT2D eigenvalue weighted by atomic mass is 9.89. The molecule has 20 heterocycles. The molecular weight excluding hydrogens is 1970 g/mol. The number of H-pyrrole nitrogens is 2. The van der Waals surface area contributed by atoms with Crippen LogP contribution in [0, 0.1) is 6.92 Å². The lowest BCUT2D eigenvalue weighted by Gasteiger charge is -2.33. The first-order valence-electron chi connectivity index (χ1n) is 48.4. The predicted octanol–water partition coefficient (Wildman–Crippen LogP) is 13.2. The molecule has 2 aromatic carbocycles. The quantitative estimate of drug-likeness (QED) is 0.0259. The van der Waals surface area contributed by atoms with Gasteiger partial charge in [0.05, 0.1) is 115 Å². The van der Waals surface area contributed by atoms with Gasteiger partial charge in [-0.1, -0.05) is 54.1 Å². The number of Topliss-reactive ketones (excluding diaryl/α,β-unsaturated/α-hetero) is 3. The normalized spacial score (nSPS) is 16.4. The Morgan fingerprint density at radius 1 is 0.480 bits per heavy atom. The molecule has 5 atom stereocenters. The van der Waals surface area contributed by atoms with Crippen LogP contribution in [-0.2, 0) is 25.6 Å². The smallest absolute Gasteiger partial charge is 0.291 e. The number of likely N-dealkylation sites (tertiary alicyclic amines) is 3. The van der Waals surface area contributed by atoms with Crippen molar-refractivity contribution in [2.45, 2.75) is 153 Å². The molecule has 4 aliphatic heterocycles. The first-order chi connectivity index (χ1) is 71.4. The number of rotatable bonds is 20. The first-order valence-corrected chi connectivity index (χ1v) is 51.3. The van der Waals surface area contributed by atoms with Crippen molar-refractivity contribution < 1.29 is 42.8 Å². The van der Waals surface area contributed by atoms with E-state index >= 15 is 0 Å². The third-order valence-corrected chi connectivity index (χ3v) is 29.3. The largest absolute Gasteiger partial charge is 0.384 e. The van der Waals surface area contributed by atoms with Crippen LogP contribution in [0.2, 0.25) is 0 Å². The molecule has 43 heteroatoms. The number of aliphatic hydroxyl groups is 1. The van der Waals surface area contributed by atoms with E-state index in [0.29, 0.717) is 152 Å². The molecule has 22 rings (SSSR count). The Kier molecular flexibility index (Phi) is 28.8. The summed E-state index contributed by atoms with van der Waals surface area (Å²) in [4.78, 5) is 136. The number of ketones is 3. The average Bonchev–Trinajstić information content (AvgIpc) is 1.65. The van der Waals surface area contributed by atoms with Gasteiger partial charge in [-0.05, 0) is 204 Å². The number of amides is 3. The third-order valence-electron chi connectivity index (χ3n) is 27.1. The van der Waals surface area contributed by atoms with E-state index in [1.165, 1.54) is 59.5 Å². The lowest BCUT2D eigenvalue weighted by molar-refractivity contribution is -0.140. The highest BCUT2D eigenvalue weighted by Crippen LogP contribution is 2.42. The second-order valence-corrected chi connectivity index (χ2v) is 40.7. The molecule has 41 nitrogen and oxygen atoms in total. The summed E-state index contributed by atoms with van der Waals surface area (Å²) in [5, 5.41) is 44.9. The van der Waals surface area contributed by atoms with Gasteiger partial charge in [0.1, 0.15) is 42.0 Å². The number of carbonyl (C=O) groups excluding carboxylic acids is 6. The number of nitrogens with zero attached hydrogens (tertiary/aromatic N) is 25. The molecule has 4 saturated heterocycles. The highest BCUT2D eigenvalue weighted by atomic mass is 79.9. The number of pyridine rings is 6. The van der Waals surface area contributed by atoms with Crippen molar-refractivity contribution in [1.82, 2.24) is 139 Å². The number of piperidine rings is 3. The molecule has 4 aliphatic rings. The Morgan fingerprint density at radius 2 is 0.872 bits per heavy atom. The maximum Gasteiger partial charge on any atom is 0.291 e. The Morgan fingerprint density at radius 3 is 1.26 bits per heavy atom. The van der Waals surface area contributed by atoms with E-state index in [4.69, 9.17) is 47.6 Å². The van der Waals surface area contributed by atoms with Crippen LogP contribution in [-0.4, -0.2) is 253 Å². The molecule has 4 fully saturated rings. The number of anilines is 4. The number of aromatic amines is 2. The van der Waals surface area contributed by atoms with Crippen molar-refractivity contribution >= 4 is 123 Å². The fourth-order valence-corrected chi connectivity index (χ4v) is 20.7. The summed E-state index contributed by atoms with van der Waals surface area (Å²) >= 11 is 3.63. The molecule has 18 aromatic rings. The van der Waals surface area contributed by atoms with Crippen LogP contribution in [0.3, 0.4) is 0 Å². The summed E-state index contributed by atoms with van der Waals surface area (Å²) in [6.07, 6.45) is 26.8. The van der Waals surface area contributed by atoms with Crippen LogP contribution in [0.15, 0.2) is 205 Å². The molecule has 0 spiro atoms. The fraction of sp³-hybridized carbons (Fsp3) is 0.286. The van der Waals surface area contributed by atoms with Crippen LogP contribution >= 0.6 is 15.9 Å². The van der Waals surface area contributed by atoms with Gasteiger partial charge in [0.25, 0.3) is 17.7 Å². The molecule has 3 amide bonds. The zero-order valence-corrected chi connectivity index (χ0v) is 84.7. The van der Waals surface area contributed by atoms with Gasteiger partial charge < -0.3 is 52.8 Å². The molecule has 0 saturated carbocycles. The van der Waals surface area contributed by atoms with Gasteiger partial charge in [0, 0.05) is 173 Å². The van der Waals surface area contributed by atoms with Crippen LogP contribution in [0.4, 0.5) is 23.3 Å². The van der Waals surface area contributed by atoms with E-state index < -0.39 is 15.6 Å². The minimum Gasteiger partial charge on any atom is -0.384 e. The first kappa shape index (κ1) is 100. The standard InChI is InChI=1S/C29H29N9O3S.C26H24N10O2.C26H27N7O3.C24H27BrN6O/c1-17(39)24-25(19-10-12-37(13-11-19)29(40)27-32-16-33-36-27)35-28-22(15-34-38(28)26(24)30)20-6-9-23(31-14-20)18-4-7-21(8-5-18)42(2,3)41;1-15(37)21-22(16-7-10-35(11-8-16)26(38)24-30-14-31-34-24)33-25-18(13-32-36(25)23(21)27)17-5-6-20(29-12-17)19-4-2-3-9-28-19;1-15(34)22-23(17-8-11-32(12-9-17)26(36)16(2)35)31-25-19(14-30-33(25)24(22)27)18-6-7-21(29-13-18)20-5-3-4-10-28-20;1-13-4-5-20-16(6-13)9-17(10-28-20)19-11-29-31-23(26)22(25)21(30-24(19)31)12-27-18-7-14(2)32-15(3)8-18/h4-9,14-16,19H,2,10-13,30H2,1,3H3,(H,32,33,36);2-6,9,12-14,16H,7-8,10-11,27H2,1H3,(H,30,31,34);3-7,10,13-14,16-17,35H,8-9,11-12,27H2,1-2H3;4-6,9-11,14-15,18,27H,7-8,12,26H2,1-3H3/t;;16-;14-,15+,18?/m..1./s1. The van der Waals surface area contributed by atoms with E-state index in [1.54, 1.807) is 87.2 Å². The molecular formula is C105H107BrN32O9S. The summed E-state index contributed by atoms with van der Waals surface area (Å²) in [5.41, 5.74) is 45.5. The van der Waals surface area contributed by atoms with Crippen molar-refractivity contribution in [3.05, 3.63) is 257 Å². The van der Waals surface area contributed by atoms with Crippen molar-refractivity contribution in [3.63, 3.8) is 0 Å². The summed E-state index contributed by atoms with van der Waals surface area (Å²) in [7, 11) is -2.29. The topological polar surface area (TPSA) is 556 Å². The van der Waals surface area contributed by atoms with Gasteiger partial charge in [-0.15, -0.1) is 0 Å². The molecule has 0 bridgehead atoms. The molecule has 2 unspecified atom stereocenters. The summed E-state index contributed by atoms with van der Waals surface area (Å²) in [5.74, 6) is 3.99. The van der Waals surface area contributed by atoms with E-state index in [9.17, 15) is 38.1 Å². The maximum atomic E-state index is 12.8. The summed E-state index contributed by atoms with van der Waals surface area (Å²) < 4.78 is 25.0. The monoisotopic (exact) mass is 2070 g/mol. The van der Waals surface area contributed by atoms with Gasteiger partial charge >= 0.3 is 0 Å². The number of fused-ring (bicyclic) bond motifs is 5. The Labute approximate surface area is 856 Å². The minimum absolute atomic E-state index is 0.0487. The van der Waals surface area contributed by atoms with Crippen LogP contribution < -0.4 is 28.3 Å². The molecule has 754 valence electrons. The molecule has 0 radical (unpaired) electrons. The minimum atomic E-state index is -2.29. The molecule has 12 N–H and O–H groups in total. The number of carbonyl (C=O) groups is 6. The third kappa shape index (κ3) is 20.8. The number of aryl methyl sites for hydroxylation is 1. The lowest BCUT2D eigenvalue weighted by Crippen LogP contribution is -2.42. The SMILES string of the molecule is C=S(C)(=O)c1ccc(-c2ccc(-c3cnn4c(N)c(C(C)=O)c(C5CCN(C(=O)c6ncn[nH]6)CC5)nc34)cn2)cc1.CC(=O)c1c(C2CCN(C(=O)[C@@H](C)O)CC2)nc2c(-c3ccc(-c4ccccn4)nc3)cnn2c1N.CC(=O)c1c(C2CCN(C(=O)c3ncn[nH]3)CC2)nc2c(-c3ccc(-c4ccccn4)nc3)cnn2c1N.Cc1ccc2ncc(-c3cnn4c(N)c(Br)c(CNC5C[C@@H](C)O[C@@H](C)C5)nc34)cc2c1. The van der Waals surface area contributed by atoms with Gasteiger partial charge in [0.2, 0.25) is 11.6 Å². The van der Waals surface area contributed by atoms with Crippen molar-refractivity contribution in [1.29, 1.82) is 0 Å². The van der Waals surface area contributed by atoms with Crippen molar-refractivity contribution in [3.8, 4) is 78.5 Å². The van der Waals surface area contributed by atoms with Gasteiger partial charge in [-0.3, -0.25) is 73.1 Å². The number of nitrogen functional groups attached to an aromatic ring is 4.